The molecule has 5 nitrogen and oxygen atoms in total. The van der Waals surface area contributed by atoms with E-state index in [0.29, 0.717) is 5.76 Å². The molecule has 3 rings (SSSR count). The van der Waals surface area contributed by atoms with Crippen LogP contribution in [0.5, 0.6) is 0 Å². The zero-order valence-electron chi connectivity index (χ0n) is 12.3. The summed E-state index contributed by atoms with van der Waals surface area (Å²) < 4.78 is 11.1. The molecule has 1 aliphatic carbocycles. The third kappa shape index (κ3) is 2.16. The molecule has 1 atom stereocenters. The van der Waals surface area contributed by atoms with E-state index in [4.69, 9.17) is 9.47 Å². The lowest BCUT2D eigenvalue weighted by molar-refractivity contribution is -0.385. The first-order valence-electron chi connectivity index (χ1n) is 6.82. The molecule has 0 fully saturated rings. The number of ether oxygens (including phenoxy) is 2. The molecule has 0 bridgehead atoms. The molecule has 1 aliphatic rings. The molecular formula is C17H15NO4. The fourth-order valence-electron chi connectivity index (χ4n) is 2.86. The molecule has 2 aromatic rings. The van der Waals surface area contributed by atoms with E-state index >= 15 is 0 Å². The minimum absolute atomic E-state index is 0.0468. The largest absolute Gasteiger partial charge is 0.497 e. The highest BCUT2D eigenvalue weighted by Crippen LogP contribution is 2.46. The third-order valence-corrected chi connectivity index (χ3v) is 3.80. The lowest BCUT2D eigenvalue weighted by Crippen LogP contribution is -2.03. The van der Waals surface area contributed by atoms with Crippen molar-refractivity contribution in [1.82, 2.24) is 0 Å². The van der Waals surface area contributed by atoms with E-state index in [9.17, 15) is 10.1 Å². The summed E-state index contributed by atoms with van der Waals surface area (Å²) in [7, 11) is 3.16. The van der Waals surface area contributed by atoms with E-state index in [0.717, 1.165) is 22.3 Å². The highest BCUT2D eigenvalue weighted by atomic mass is 16.6. The number of hydrogen-bond donors (Lipinski definition) is 0. The molecule has 0 spiro atoms. The highest BCUT2D eigenvalue weighted by molar-refractivity contribution is 5.87. The summed E-state index contributed by atoms with van der Waals surface area (Å²) in [6, 6.07) is 14.6. The molecule has 112 valence electrons. The van der Waals surface area contributed by atoms with Crippen LogP contribution in [0.4, 0.5) is 5.69 Å². The van der Waals surface area contributed by atoms with Crippen LogP contribution in [0.25, 0.3) is 5.57 Å². The van der Waals surface area contributed by atoms with Crippen LogP contribution < -0.4 is 0 Å². The molecule has 1 unspecified atom stereocenters. The molecular weight excluding hydrogens is 282 g/mol. The second-order valence-corrected chi connectivity index (χ2v) is 4.95. The molecule has 0 aromatic heterocycles. The summed E-state index contributed by atoms with van der Waals surface area (Å²) in [6.45, 7) is 0. The van der Waals surface area contributed by atoms with Gasteiger partial charge >= 0.3 is 0 Å². The summed E-state index contributed by atoms with van der Waals surface area (Å²) in [4.78, 5) is 10.6. The monoisotopic (exact) mass is 297 g/mol. The van der Waals surface area contributed by atoms with Crippen LogP contribution in [-0.4, -0.2) is 19.1 Å². The van der Waals surface area contributed by atoms with Crippen LogP contribution in [-0.2, 0) is 9.47 Å². The lowest BCUT2D eigenvalue weighted by Gasteiger charge is -2.13. The molecule has 0 saturated heterocycles. The third-order valence-electron chi connectivity index (χ3n) is 3.80. The minimum Gasteiger partial charge on any atom is -0.497 e. The number of benzene rings is 2. The Kier molecular flexibility index (Phi) is 3.65. The predicted molar refractivity (Wildman–Crippen MR) is 82.3 cm³/mol. The van der Waals surface area contributed by atoms with Crippen molar-refractivity contribution >= 4 is 11.3 Å². The van der Waals surface area contributed by atoms with Gasteiger partial charge in [-0.15, -0.1) is 0 Å². The summed E-state index contributed by atoms with van der Waals surface area (Å²) >= 11 is 0. The Morgan fingerprint density at radius 2 is 1.82 bits per heavy atom. The average molecular weight is 297 g/mol. The number of nitro groups is 1. The van der Waals surface area contributed by atoms with Gasteiger partial charge in [0.15, 0.2) is 0 Å². The molecule has 0 heterocycles. The number of nitro benzene ring substituents is 1. The van der Waals surface area contributed by atoms with Gasteiger partial charge in [-0.05, 0) is 17.2 Å². The van der Waals surface area contributed by atoms with Gasteiger partial charge in [-0.2, -0.15) is 0 Å². The first-order chi connectivity index (χ1) is 10.7. The van der Waals surface area contributed by atoms with Gasteiger partial charge < -0.3 is 9.47 Å². The van der Waals surface area contributed by atoms with Gasteiger partial charge in [0.25, 0.3) is 5.69 Å². The Bertz CT molecular complexity index is 753. The molecule has 5 heteroatoms. The van der Waals surface area contributed by atoms with Crippen LogP contribution in [0.15, 0.2) is 54.3 Å². The standard InChI is InChI=1S/C17H15NO4/c1-21-16-14-10-12(18(19)20)8-9-13(14)15(17(16)22-2)11-6-4-3-5-7-11/h3-10,16H,1-2H3. The van der Waals surface area contributed by atoms with Gasteiger partial charge in [0.2, 0.25) is 0 Å². The molecule has 0 N–H and O–H groups in total. The van der Waals surface area contributed by atoms with Crippen LogP contribution in [0.1, 0.15) is 22.8 Å². The van der Waals surface area contributed by atoms with Crippen LogP contribution in [0.2, 0.25) is 0 Å². The van der Waals surface area contributed by atoms with Gasteiger partial charge in [0.1, 0.15) is 11.9 Å². The number of non-ortho nitro benzene ring substituents is 1. The van der Waals surface area contributed by atoms with E-state index < -0.39 is 11.0 Å². The van der Waals surface area contributed by atoms with Crippen molar-refractivity contribution in [2.75, 3.05) is 14.2 Å². The Labute approximate surface area is 127 Å². The summed E-state index contributed by atoms with van der Waals surface area (Å²) in [5.41, 5.74) is 3.62. The number of methoxy groups -OCH3 is 2. The number of rotatable bonds is 4. The van der Waals surface area contributed by atoms with E-state index in [1.807, 2.05) is 30.3 Å². The van der Waals surface area contributed by atoms with E-state index in [2.05, 4.69) is 0 Å². The molecule has 2 aromatic carbocycles. The zero-order chi connectivity index (χ0) is 15.7. The van der Waals surface area contributed by atoms with E-state index in [1.54, 1.807) is 26.4 Å². The summed E-state index contributed by atoms with van der Waals surface area (Å²) in [6.07, 6.45) is -0.435. The maximum atomic E-state index is 11.0. The van der Waals surface area contributed by atoms with Crippen molar-refractivity contribution in [3.05, 3.63) is 81.1 Å². The molecule has 0 radical (unpaired) electrons. The minimum atomic E-state index is -0.435. The van der Waals surface area contributed by atoms with Crippen LogP contribution in [0, 0.1) is 10.1 Å². The van der Waals surface area contributed by atoms with Gasteiger partial charge in [-0.1, -0.05) is 30.3 Å². The Morgan fingerprint density at radius 3 is 2.41 bits per heavy atom. The van der Waals surface area contributed by atoms with Crippen molar-refractivity contribution in [3.8, 4) is 0 Å². The Balaban J connectivity index is 2.22. The molecule has 0 saturated carbocycles. The van der Waals surface area contributed by atoms with E-state index in [1.165, 1.54) is 6.07 Å². The molecule has 22 heavy (non-hydrogen) atoms. The van der Waals surface area contributed by atoms with E-state index in [-0.39, 0.29) is 5.69 Å². The van der Waals surface area contributed by atoms with Gasteiger partial charge in [-0.3, -0.25) is 10.1 Å². The van der Waals surface area contributed by atoms with Crippen LogP contribution >= 0.6 is 0 Å². The van der Waals surface area contributed by atoms with Gasteiger partial charge in [0, 0.05) is 30.4 Å². The number of fused-ring (bicyclic) bond motifs is 1. The average Bonchev–Trinajstić information content (AvgIpc) is 2.87. The summed E-state index contributed by atoms with van der Waals surface area (Å²) in [5, 5.41) is 11.0. The number of nitrogens with zero attached hydrogens (tertiary/aromatic N) is 1. The van der Waals surface area contributed by atoms with Crippen molar-refractivity contribution in [2.24, 2.45) is 0 Å². The Morgan fingerprint density at radius 1 is 1.09 bits per heavy atom. The van der Waals surface area contributed by atoms with Crippen molar-refractivity contribution in [1.29, 1.82) is 0 Å². The van der Waals surface area contributed by atoms with Crippen molar-refractivity contribution < 1.29 is 14.4 Å². The maximum absolute atomic E-state index is 11.0. The fourth-order valence-corrected chi connectivity index (χ4v) is 2.86. The molecule has 0 aliphatic heterocycles. The smallest absolute Gasteiger partial charge is 0.269 e. The van der Waals surface area contributed by atoms with Crippen LogP contribution in [0.3, 0.4) is 0 Å². The normalized spacial score (nSPS) is 16.5. The van der Waals surface area contributed by atoms with Gasteiger partial charge in [0.05, 0.1) is 12.0 Å². The zero-order valence-corrected chi connectivity index (χ0v) is 12.3. The SMILES string of the molecule is COC1=C(c2ccccc2)c2ccc([N+](=O)[O-])cc2C1OC. The van der Waals surface area contributed by atoms with Crippen molar-refractivity contribution in [2.45, 2.75) is 6.10 Å². The van der Waals surface area contributed by atoms with Gasteiger partial charge in [-0.25, -0.2) is 0 Å². The quantitative estimate of drug-likeness (QED) is 0.637. The second-order valence-electron chi connectivity index (χ2n) is 4.95. The molecule has 0 amide bonds. The summed E-state index contributed by atoms with van der Waals surface area (Å²) in [5.74, 6) is 0.671. The first kappa shape index (κ1) is 14.3. The Hall–Kier alpha value is -2.66. The first-order valence-corrected chi connectivity index (χ1v) is 6.82. The highest BCUT2D eigenvalue weighted by Gasteiger charge is 2.34. The number of hydrogen-bond acceptors (Lipinski definition) is 4. The topological polar surface area (TPSA) is 61.6 Å². The van der Waals surface area contributed by atoms with Crippen molar-refractivity contribution in [3.63, 3.8) is 0 Å². The fraction of sp³-hybridized carbons (Fsp3) is 0.176. The predicted octanol–water partition coefficient (Wildman–Crippen LogP) is 3.70. The second kappa shape index (κ2) is 5.61. The lowest BCUT2D eigenvalue weighted by atomic mass is 9.98. The maximum Gasteiger partial charge on any atom is 0.269 e.